The molecule has 0 saturated heterocycles. The highest BCUT2D eigenvalue weighted by Crippen LogP contribution is 2.36. The van der Waals surface area contributed by atoms with E-state index in [1.165, 1.54) is 0 Å². The molecule has 0 fully saturated rings. The highest BCUT2D eigenvalue weighted by atomic mass is 16.5. The molecule has 1 aliphatic heterocycles. The van der Waals surface area contributed by atoms with Gasteiger partial charge in [0.05, 0.1) is 30.0 Å². The minimum atomic E-state index is -1.53. The Morgan fingerprint density at radius 3 is 2.79 bits per heavy atom. The van der Waals surface area contributed by atoms with Crippen molar-refractivity contribution in [1.82, 2.24) is 9.97 Å². The number of rotatable bonds is 6. The van der Waals surface area contributed by atoms with Crippen LogP contribution in [0.1, 0.15) is 32.9 Å². The minimum Gasteiger partial charge on any atom is -0.460 e. The molecule has 33 heavy (non-hydrogen) atoms. The van der Waals surface area contributed by atoms with Gasteiger partial charge >= 0.3 is 7.12 Å². The van der Waals surface area contributed by atoms with Crippen molar-refractivity contribution in [2.24, 2.45) is 5.73 Å². The second-order valence-electron chi connectivity index (χ2n) is 7.87. The van der Waals surface area contributed by atoms with Crippen LogP contribution < -0.4 is 16.5 Å². The standard InChI is InChI=1S/C23H21BN4O5/c1-12-19(15-6-3-7-16(21(25)29)20(15)33-12)23-27-18-11-32-10-17(18)22(28-23)26-9-13-4-2-5-14(8-13)24(30)31/h2-8,30-31H,9-11H2,1H3,(H2,25,29)(H,26,27,28). The molecule has 0 unspecified atom stereocenters. The molecule has 0 spiro atoms. The van der Waals surface area contributed by atoms with E-state index >= 15 is 0 Å². The lowest BCUT2D eigenvalue weighted by Gasteiger charge is -2.12. The molecule has 166 valence electrons. The average molecular weight is 444 g/mol. The zero-order valence-corrected chi connectivity index (χ0v) is 17.8. The van der Waals surface area contributed by atoms with Crippen molar-refractivity contribution in [3.05, 3.63) is 70.6 Å². The zero-order chi connectivity index (χ0) is 23.1. The summed E-state index contributed by atoms with van der Waals surface area (Å²) in [5.74, 6) is 1.09. The minimum absolute atomic E-state index is 0.302. The fraction of sp³-hybridized carbons (Fsp3) is 0.174. The van der Waals surface area contributed by atoms with Crippen molar-refractivity contribution in [2.75, 3.05) is 5.32 Å². The van der Waals surface area contributed by atoms with Crippen LogP contribution in [0.4, 0.5) is 5.82 Å². The molecule has 0 aliphatic carbocycles. The average Bonchev–Trinajstić information content (AvgIpc) is 3.40. The Morgan fingerprint density at radius 1 is 1.18 bits per heavy atom. The Kier molecular flexibility index (Phi) is 5.33. The van der Waals surface area contributed by atoms with Crippen molar-refractivity contribution in [2.45, 2.75) is 26.7 Å². The third kappa shape index (κ3) is 3.84. The predicted octanol–water partition coefficient (Wildman–Crippen LogP) is 1.62. The van der Waals surface area contributed by atoms with Gasteiger partial charge in [-0.2, -0.15) is 0 Å². The van der Waals surface area contributed by atoms with Gasteiger partial charge in [0.15, 0.2) is 5.82 Å². The molecule has 3 heterocycles. The Balaban J connectivity index is 1.56. The van der Waals surface area contributed by atoms with Gasteiger partial charge in [0.1, 0.15) is 17.2 Å². The lowest BCUT2D eigenvalue weighted by atomic mass is 9.79. The number of aryl methyl sites for hydroxylation is 1. The van der Waals surface area contributed by atoms with E-state index in [-0.39, 0.29) is 0 Å². The lowest BCUT2D eigenvalue weighted by Crippen LogP contribution is -2.30. The summed E-state index contributed by atoms with van der Waals surface area (Å²) in [5.41, 5.74) is 9.85. The fourth-order valence-corrected chi connectivity index (χ4v) is 4.07. The first-order valence-corrected chi connectivity index (χ1v) is 10.4. The molecule has 1 amide bonds. The van der Waals surface area contributed by atoms with Crippen LogP contribution in [0.5, 0.6) is 0 Å². The second kappa shape index (κ2) is 8.32. The van der Waals surface area contributed by atoms with Crippen LogP contribution in [0.25, 0.3) is 22.4 Å². The Hall–Kier alpha value is -3.73. The maximum Gasteiger partial charge on any atom is 0.488 e. The first-order valence-electron chi connectivity index (χ1n) is 10.4. The number of anilines is 1. The normalized spacial score (nSPS) is 12.7. The Labute approximate surface area is 189 Å². The molecule has 9 nitrogen and oxygen atoms in total. The molecule has 5 N–H and O–H groups in total. The van der Waals surface area contributed by atoms with Gasteiger partial charge < -0.3 is 30.3 Å². The van der Waals surface area contributed by atoms with E-state index in [4.69, 9.17) is 24.9 Å². The number of nitrogens with one attached hydrogen (secondary N) is 1. The van der Waals surface area contributed by atoms with Crippen LogP contribution in [-0.4, -0.2) is 33.0 Å². The highest BCUT2D eigenvalue weighted by molar-refractivity contribution is 6.58. The SMILES string of the molecule is Cc1oc2c(C(N)=O)cccc2c1-c1nc2c(c(NCc3cccc(B(O)O)c3)n1)COC2. The van der Waals surface area contributed by atoms with Gasteiger partial charge in [-0.25, -0.2) is 9.97 Å². The van der Waals surface area contributed by atoms with Gasteiger partial charge in [0.25, 0.3) is 5.91 Å². The summed E-state index contributed by atoms with van der Waals surface area (Å²) in [6.07, 6.45) is 0. The third-order valence-corrected chi connectivity index (χ3v) is 5.67. The maximum atomic E-state index is 11.8. The summed E-state index contributed by atoms with van der Waals surface area (Å²) < 4.78 is 11.5. The second-order valence-corrected chi connectivity index (χ2v) is 7.87. The maximum absolute atomic E-state index is 11.8. The topological polar surface area (TPSA) is 144 Å². The Morgan fingerprint density at radius 2 is 2.00 bits per heavy atom. The quantitative estimate of drug-likeness (QED) is 0.329. The number of fused-ring (bicyclic) bond motifs is 2. The largest absolute Gasteiger partial charge is 0.488 e. The van der Waals surface area contributed by atoms with E-state index in [9.17, 15) is 14.8 Å². The number of nitrogens with zero attached hydrogens (tertiary/aromatic N) is 2. The molecule has 2 aromatic heterocycles. The molecule has 2 aromatic carbocycles. The molecule has 0 bridgehead atoms. The Bertz CT molecular complexity index is 1390. The van der Waals surface area contributed by atoms with Gasteiger partial charge in [0, 0.05) is 17.5 Å². The molecular weight excluding hydrogens is 423 g/mol. The van der Waals surface area contributed by atoms with E-state index in [2.05, 4.69) is 5.32 Å². The summed E-state index contributed by atoms with van der Waals surface area (Å²) in [6, 6.07) is 12.2. The number of benzene rings is 2. The van der Waals surface area contributed by atoms with Crippen molar-refractivity contribution in [3.8, 4) is 11.4 Å². The van der Waals surface area contributed by atoms with Crippen molar-refractivity contribution >= 4 is 35.3 Å². The van der Waals surface area contributed by atoms with Crippen LogP contribution >= 0.6 is 0 Å². The summed E-state index contributed by atoms with van der Waals surface area (Å²) in [4.78, 5) is 21.3. The van der Waals surface area contributed by atoms with Gasteiger partial charge in [0.2, 0.25) is 0 Å². The number of aromatic nitrogens is 2. The van der Waals surface area contributed by atoms with Gasteiger partial charge in [-0.3, -0.25) is 4.79 Å². The summed E-state index contributed by atoms with van der Waals surface area (Å²) in [5, 5.41) is 22.9. The third-order valence-electron chi connectivity index (χ3n) is 5.67. The number of primary amides is 1. The number of furan rings is 1. The highest BCUT2D eigenvalue weighted by Gasteiger charge is 2.25. The monoisotopic (exact) mass is 444 g/mol. The number of carbonyl (C=O) groups excluding carboxylic acids is 1. The first-order chi connectivity index (χ1) is 15.9. The first kappa shape index (κ1) is 21.1. The van der Waals surface area contributed by atoms with E-state index in [1.54, 1.807) is 37.3 Å². The smallest absolute Gasteiger partial charge is 0.460 e. The van der Waals surface area contributed by atoms with E-state index in [0.29, 0.717) is 64.7 Å². The number of ether oxygens (including phenoxy) is 1. The number of amides is 1. The van der Waals surface area contributed by atoms with Crippen LogP contribution in [0, 0.1) is 6.92 Å². The molecule has 1 aliphatic rings. The number of nitrogens with two attached hydrogens (primary N) is 1. The summed E-state index contributed by atoms with van der Waals surface area (Å²) in [7, 11) is -1.53. The molecule has 10 heteroatoms. The molecular formula is C23H21BN4O5. The van der Waals surface area contributed by atoms with E-state index in [0.717, 1.165) is 16.8 Å². The summed E-state index contributed by atoms with van der Waals surface area (Å²) >= 11 is 0. The predicted molar refractivity (Wildman–Crippen MR) is 123 cm³/mol. The van der Waals surface area contributed by atoms with E-state index in [1.807, 2.05) is 12.1 Å². The van der Waals surface area contributed by atoms with Crippen molar-refractivity contribution in [1.29, 1.82) is 0 Å². The van der Waals surface area contributed by atoms with E-state index < -0.39 is 13.0 Å². The lowest BCUT2D eigenvalue weighted by molar-refractivity contribution is 0.100. The zero-order valence-electron chi connectivity index (χ0n) is 17.8. The van der Waals surface area contributed by atoms with Crippen molar-refractivity contribution in [3.63, 3.8) is 0 Å². The van der Waals surface area contributed by atoms with Crippen molar-refractivity contribution < 1.29 is 24.0 Å². The number of carbonyl (C=O) groups is 1. The molecule has 5 rings (SSSR count). The van der Waals surface area contributed by atoms with Crippen LogP contribution in [-0.2, 0) is 24.5 Å². The number of para-hydroxylation sites is 1. The number of hydrogen-bond donors (Lipinski definition) is 4. The van der Waals surface area contributed by atoms with Crippen LogP contribution in [0.2, 0.25) is 0 Å². The van der Waals surface area contributed by atoms with Gasteiger partial charge in [-0.15, -0.1) is 0 Å². The molecule has 4 aromatic rings. The molecule has 0 atom stereocenters. The van der Waals surface area contributed by atoms with Crippen LogP contribution in [0.15, 0.2) is 46.9 Å². The molecule has 0 radical (unpaired) electrons. The fourth-order valence-electron chi connectivity index (χ4n) is 4.07. The molecule has 0 saturated carbocycles. The van der Waals surface area contributed by atoms with Gasteiger partial charge in [-0.05, 0) is 24.0 Å². The summed E-state index contributed by atoms with van der Waals surface area (Å²) in [6.45, 7) is 2.98. The number of hydrogen-bond acceptors (Lipinski definition) is 8. The van der Waals surface area contributed by atoms with Gasteiger partial charge in [-0.1, -0.05) is 36.4 Å². The van der Waals surface area contributed by atoms with Crippen LogP contribution in [0.3, 0.4) is 0 Å².